The monoisotopic (exact) mass is 515 g/mol. The van der Waals surface area contributed by atoms with Crippen molar-refractivity contribution in [3.05, 3.63) is 86.9 Å². The van der Waals surface area contributed by atoms with E-state index in [-0.39, 0.29) is 40.7 Å². The van der Waals surface area contributed by atoms with Crippen LogP contribution in [0.3, 0.4) is 0 Å². The molecule has 0 fully saturated rings. The number of fused-ring (bicyclic) bond motifs is 1. The third-order valence-electron chi connectivity index (χ3n) is 5.73. The van der Waals surface area contributed by atoms with Gasteiger partial charge in [0, 0.05) is 34.4 Å². The fourth-order valence-corrected chi connectivity index (χ4v) is 4.43. The molecule has 9 heteroatoms. The minimum Gasteiger partial charge on any atom is -0.507 e. The van der Waals surface area contributed by atoms with Gasteiger partial charge in [0.05, 0.1) is 16.7 Å². The lowest BCUT2D eigenvalue weighted by molar-refractivity contribution is 0.0204. The Morgan fingerprint density at radius 1 is 1.14 bits per heavy atom. The van der Waals surface area contributed by atoms with Crippen molar-refractivity contribution in [3.63, 3.8) is 0 Å². The minimum atomic E-state index is -0.662. The molecule has 3 aromatic rings. The Bertz CT molecular complexity index is 1280. The van der Waals surface area contributed by atoms with Crippen LogP contribution in [0, 0.1) is 0 Å². The predicted octanol–water partition coefficient (Wildman–Crippen LogP) is 6.25. The second-order valence-electron chi connectivity index (χ2n) is 8.26. The maximum Gasteiger partial charge on any atom is 0.342 e. The number of carbonyl (C=O) groups is 2. The highest BCUT2D eigenvalue weighted by Crippen LogP contribution is 2.35. The molecule has 7 nitrogen and oxygen atoms in total. The summed E-state index contributed by atoms with van der Waals surface area (Å²) in [6.45, 7) is 1.94. The summed E-state index contributed by atoms with van der Waals surface area (Å²) in [4.78, 5) is 24.5. The average molecular weight is 516 g/mol. The molecule has 0 aliphatic carbocycles. The number of cyclic esters (lactones) is 1. The van der Waals surface area contributed by atoms with Crippen molar-refractivity contribution in [2.75, 3.05) is 5.32 Å². The van der Waals surface area contributed by atoms with E-state index >= 15 is 0 Å². The summed E-state index contributed by atoms with van der Waals surface area (Å²) in [7, 11) is 0. The van der Waals surface area contributed by atoms with Gasteiger partial charge in [0.2, 0.25) is 0 Å². The summed E-state index contributed by atoms with van der Waals surface area (Å²) in [5.41, 5.74) is 2.42. The van der Waals surface area contributed by atoms with Crippen molar-refractivity contribution in [1.82, 2.24) is 0 Å². The molecule has 0 bridgehead atoms. The number of hydrogen-bond acceptors (Lipinski definition) is 7. The number of rotatable bonds is 8. The SMILES string of the molecule is CC(CC[C@@H]1OC(=O)c2ccccc21)OC(=O)c1ccc(NCc2cc(Cl)cc(Cl)c2O)cc1O. The number of nitrogens with one attached hydrogen (secondary N) is 1. The highest BCUT2D eigenvalue weighted by Gasteiger charge is 2.30. The molecule has 1 aliphatic heterocycles. The molecule has 0 saturated carbocycles. The number of aromatic hydroxyl groups is 2. The first-order chi connectivity index (χ1) is 16.7. The van der Waals surface area contributed by atoms with Gasteiger partial charge in [0.15, 0.2) is 0 Å². The van der Waals surface area contributed by atoms with E-state index in [2.05, 4.69) is 5.32 Å². The molecule has 4 rings (SSSR count). The summed E-state index contributed by atoms with van der Waals surface area (Å²) in [6.07, 6.45) is 0.158. The van der Waals surface area contributed by atoms with Crippen LogP contribution in [0.1, 0.15) is 57.7 Å². The lowest BCUT2D eigenvalue weighted by Gasteiger charge is -2.17. The predicted molar refractivity (Wildman–Crippen MR) is 132 cm³/mol. The molecule has 3 aromatic carbocycles. The van der Waals surface area contributed by atoms with E-state index in [9.17, 15) is 19.8 Å². The van der Waals surface area contributed by atoms with Crippen LogP contribution in [0.4, 0.5) is 5.69 Å². The van der Waals surface area contributed by atoms with Crippen LogP contribution in [0.15, 0.2) is 54.6 Å². The standard InChI is InChI=1S/C26H23Cl2NO6/c1-14(6-9-23-18-4-2-3-5-19(18)25(32)35-23)34-26(33)20-8-7-17(12-22(20)30)29-13-15-10-16(27)11-21(28)24(15)31/h2-5,7-8,10-12,14,23,29-31H,6,9,13H2,1H3/t14?,23-/m0/s1. The lowest BCUT2D eigenvalue weighted by Crippen LogP contribution is -2.16. The second-order valence-corrected chi connectivity index (χ2v) is 9.10. The molecule has 1 heterocycles. The first kappa shape index (κ1) is 24.7. The number of anilines is 1. The molecule has 35 heavy (non-hydrogen) atoms. The van der Waals surface area contributed by atoms with E-state index in [0.29, 0.717) is 34.7 Å². The van der Waals surface area contributed by atoms with Crippen molar-refractivity contribution in [3.8, 4) is 11.5 Å². The van der Waals surface area contributed by atoms with Gasteiger partial charge in [-0.3, -0.25) is 0 Å². The number of phenols is 2. The molecule has 1 unspecified atom stereocenters. The molecular weight excluding hydrogens is 493 g/mol. The van der Waals surface area contributed by atoms with E-state index < -0.39 is 12.1 Å². The number of benzene rings is 3. The van der Waals surface area contributed by atoms with Gasteiger partial charge >= 0.3 is 11.9 Å². The first-order valence-corrected chi connectivity index (χ1v) is 11.7. The third kappa shape index (κ3) is 5.63. The van der Waals surface area contributed by atoms with Crippen molar-refractivity contribution in [2.24, 2.45) is 0 Å². The van der Waals surface area contributed by atoms with Crippen molar-refractivity contribution in [2.45, 2.75) is 38.5 Å². The van der Waals surface area contributed by atoms with Gasteiger partial charge in [0.25, 0.3) is 0 Å². The zero-order valence-corrected chi connectivity index (χ0v) is 20.3. The first-order valence-electron chi connectivity index (χ1n) is 11.0. The van der Waals surface area contributed by atoms with E-state index in [0.717, 1.165) is 5.56 Å². The second kappa shape index (κ2) is 10.5. The molecule has 0 amide bonds. The van der Waals surface area contributed by atoms with Crippen molar-refractivity contribution >= 4 is 40.8 Å². The maximum atomic E-state index is 12.6. The van der Waals surface area contributed by atoms with Gasteiger partial charge < -0.3 is 25.0 Å². The topological polar surface area (TPSA) is 105 Å². The highest BCUT2D eigenvalue weighted by molar-refractivity contribution is 6.35. The van der Waals surface area contributed by atoms with Crippen molar-refractivity contribution in [1.29, 1.82) is 0 Å². The van der Waals surface area contributed by atoms with Crippen LogP contribution in [0.2, 0.25) is 10.0 Å². The Labute approximate surface area is 212 Å². The quantitative estimate of drug-likeness (QED) is 0.304. The zero-order valence-electron chi connectivity index (χ0n) is 18.8. The largest absolute Gasteiger partial charge is 0.507 e. The smallest absolute Gasteiger partial charge is 0.342 e. The zero-order chi connectivity index (χ0) is 25.1. The molecule has 182 valence electrons. The Morgan fingerprint density at radius 2 is 1.91 bits per heavy atom. The van der Waals surface area contributed by atoms with Crippen LogP contribution in [-0.4, -0.2) is 28.3 Å². The number of halogens is 2. The molecular formula is C26H23Cl2NO6. The number of esters is 2. The summed E-state index contributed by atoms with van der Waals surface area (Å²) in [6, 6.07) is 14.7. The fraction of sp³-hybridized carbons (Fsp3) is 0.231. The van der Waals surface area contributed by atoms with Gasteiger partial charge in [-0.2, -0.15) is 0 Å². The van der Waals surface area contributed by atoms with Gasteiger partial charge in [-0.05, 0) is 50.1 Å². The summed E-state index contributed by atoms with van der Waals surface area (Å²) < 4.78 is 10.9. The molecule has 0 saturated heterocycles. The van der Waals surface area contributed by atoms with E-state index in [1.165, 1.54) is 18.2 Å². The normalized spacial score (nSPS) is 15.3. The number of phenolic OH excluding ortho intramolecular Hbond substituents is 2. The van der Waals surface area contributed by atoms with Crippen LogP contribution < -0.4 is 5.32 Å². The Morgan fingerprint density at radius 3 is 2.69 bits per heavy atom. The average Bonchev–Trinajstić information content (AvgIpc) is 3.14. The van der Waals surface area contributed by atoms with Crippen LogP contribution in [0.25, 0.3) is 0 Å². The van der Waals surface area contributed by atoms with E-state index in [4.69, 9.17) is 32.7 Å². The van der Waals surface area contributed by atoms with Gasteiger partial charge in [-0.15, -0.1) is 0 Å². The van der Waals surface area contributed by atoms with Crippen LogP contribution in [0.5, 0.6) is 11.5 Å². The minimum absolute atomic E-state index is 0.0219. The van der Waals surface area contributed by atoms with Crippen LogP contribution in [-0.2, 0) is 16.0 Å². The maximum absolute atomic E-state index is 12.6. The fourth-order valence-electron chi connectivity index (χ4n) is 3.89. The molecule has 3 N–H and O–H groups in total. The Hall–Kier alpha value is -3.42. The summed E-state index contributed by atoms with van der Waals surface area (Å²) in [5.74, 6) is -1.34. The highest BCUT2D eigenvalue weighted by atomic mass is 35.5. The summed E-state index contributed by atoms with van der Waals surface area (Å²) in [5, 5.41) is 24.0. The van der Waals surface area contributed by atoms with Crippen LogP contribution >= 0.6 is 23.2 Å². The molecule has 2 atom stereocenters. The number of hydrogen-bond donors (Lipinski definition) is 3. The van der Waals surface area contributed by atoms with Crippen molar-refractivity contribution < 1.29 is 29.3 Å². The molecule has 1 aliphatic rings. The Balaban J connectivity index is 1.32. The van der Waals surface area contributed by atoms with Gasteiger partial charge in [0.1, 0.15) is 23.2 Å². The van der Waals surface area contributed by atoms with Gasteiger partial charge in [-0.1, -0.05) is 41.4 Å². The lowest BCUT2D eigenvalue weighted by atomic mass is 10.0. The van der Waals surface area contributed by atoms with Gasteiger partial charge in [-0.25, -0.2) is 9.59 Å². The third-order valence-corrected chi connectivity index (χ3v) is 6.23. The molecule has 0 spiro atoms. The molecule has 0 aromatic heterocycles. The number of ether oxygens (including phenoxy) is 2. The summed E-state index contributed by atoms with van der Waals surface area (Å²) >= 11 is 11.9. The number of carbonyl (C=O) groups excluding carboxylic acids is 2. The Kier molecular flexibility index (Phi) is 7.38. The molecule has 0 radical (unpaired) electrons. The van der Waals surface area contributed by atoms with E-state index in [1.54, 1.807) is 31.2 Å². The van der Waals surface area contributed by atoms with E-state index in [1.807, 2.05) is 12.1 Å².